The van der Waals surface area contributed by atoms with Crippen molar-refractivity contribution < 1.29 is 8.42 Å². The molecule has 1 rings (SSSR count). The Morgan fingerprint density at radius 3 is 2.67 bits per heavy atom. The molecule has 0 heterocycles. The molecule has 0 unspecified atom stereocenters. The van der Waals surface area contributed by atoms with Crippen LogP contribution in [0.5, 0.6) is 0 Å². The van der Waals surface area contributed by atoms with Gasteiger partial charge >= 0.3 is 0 Å². The van der Waals surface area contributed by atoms with Crippen LogP contribution in [-0.2, 0) is 10.0 Å². The molecule has 1 aromatic carbocycles. The lowest BCUT2D eigenvalue weighted by Gasteiger charge is -2.11. The molecule has 0 aliphatic carbocycles. The fourth-order valence-electron chi connectivity index (χ4n) is 1.54. The van der Waals surface area contributed by atoms with Crippen molar-refractivity contribution in [3.05, 3.63) is 24.3 Å². The van der Waals surface area contributed by atoms with Gasteiger partial charge in [-0.2, -0.15) is 11.8 Å². The van der Waals surface area contributed by atoms with Crippen LogP contribution in [0.1, 0.15) is 13.3 Å². The molecular formula is C12H20N2O2S2. The van der Waals surface area contributed by atoms with Gasteiger partial charge in [0.2, 0.25) is 10.0 Å². The largest absolute Gasteiger partial charge is 0.384 e. The third-order valence-corrected chi connectivity index (χ3v) is 4.58. The molecule has 0 aromatic heterocycles. The first-order valence-corrected chi connectivity index (χ1v) is 8.81. The Hall–Kier alpha value is -0.720. The van der Waals surface area contributed by atoms with Crippen LogP contribution in [0.2, 0.25) is 0 Å². The minimum atomic E-state index is -3.42. The minimum absolute atomic E-state index is 0.316. The van der Waals surface area contributed by atoms with E-state index in [0.29, 0.717) is 23.7 Å². The number of hydrogen-bond donors (Lipinski definition) is 2. The van der Waals surface area contributed by atoms with Gasteiger partial charge in [0.05, 0.1) is 5.69 Å². The molecule has 102 valence electrons. The second kappa shape index (κ2) is 7.66. The summed E-state index contributed by atoms with van der Waals surface area (Å²) in [6, 6.07) is 6.96. The van der Waals surface area contributed by atoms with Crippen molar-refractivity contribution in [3.8, 4) is 0 Å². The van der Waals surface area contributed by atoms with Gasteiger partial charge in [-0.25, -0.2) is 13.1 Å². The van der Waals surface area contributed by atoms with Crippen LogP contribution in [0.4, 0.5) is 5.69 Å². The number of nitrogens with one attached hydrogen (secondary N) is 2. The first-order chi connectivity index (χ1) is 8.61. The highest BCUT2D eigenvalue weighted by molar-refractivity contribution is 7.98. The third-order valence-electron chi connectivity index (χ3n) is 2.36. The Morgan fingerprint density at radius 2 is 2.00 bits per heavy atom. The predicted octanol–water partition coefficient (Wildman–Crippen LogP) is 2.15. The summed E-state index contributed by atoms with van der Waals surface area (Å²) in [5.41, 5.74) is 0.650. The highest BCUT2D eigenvalue weighted by Gasteiger charge is 2.16. The summed E-state index contributed by atoms with van der Waals surface area (Å²) in [5.74, 6) is 0.956. The zero-order valence-electron chi connectivity index (χ0n) is 10.8. The Labute approximate surface area is 114 Å². The van der Waals surface area contributed by atoms with Gasteiger partial charge in [0.25, 0.3) is 0 Å². The number of benzene rings is 1. The minimum Gasteiger partial charge on any atom is -0.384 e. The summed E-state index contributed by atoms with van der Waals surface area (Å²) in [7, 11) is -3.42. The van der Waals surface area contributed by atoms with E-state index in [1.54, 1.807) is 30.0 Å². The van der Waals surface area contributed by atoms with Gasteiger partial charge in [-0.1, -0.05) is 12.1 Å². The molecule has 0 bridgehead atoms. The summed E-state index contributed by atoms with van der Waals surface area (Å²) in [6.45, 7) is 3.11. The van der Waals surface area contributed by atoms with Crippen molar-refractivity contribution in [2.75, 3.05) is 30.4 Å². The van der Waals surface area contributed by atoms with Crippen molar-refractivity contribution in [3.63, 3.8) is 0 Å². The normalized spacial score (nSPS) is 11.4. The van der Waals surface area contributed by atoms with E-state index in [1.165, 1.54) is 0 Å². The van der Waals surface area contributed by atoms with Crippen LogP contribution in [0.25, 0.3) is 0 Å². The van der Waals surface area contributed by atoms with E-state index in [4.69, 9.17) is 0 Å². The smallest absolute Gasteiger partial charge is 0.242 e. The number of anilines is 1. The summed E-state index contributed by atoms with van der Waals surface area (Å²) >= 11 is 1.71. The van der Waals surface area contributed by atoms with E-state index in [-0.39, 0.29) is 0 Å². The molecule has 0 amide bonds. The Balaban J connectivity index is 2.77. The molecule has 0 radical (unpaired) electrons. The molecule has 0 fully saturated rings. The molecule has 0 aliphatic heterocycles. The van der Waals surface area contributed by atoms with Gasteiger partial charge in [-0.3, -0.25) is 0 Å². The van der Waals surface area contributed by atoms with E-state index >= 15 is 0 Å². The number of thioether (sulfide) groups is 1. The van der Waals surface area contributed by atoms with Gasteiger partial charge in [-0.05, 0) is 37.5 Å². The monoisotopic (exact) mass is 288 g/mol. The summed E-state index contributed by atoms with van der Waals surface area (Å²) in [4.78, 5) is 0.316. The molecule has 0 aliphatic rings. The molecule has 0 atom stereocenters. The van der Waals surface area contributed by atoms with E-state index in [9.17, 15) is 8.42 Å². The van der Waals surface area contributed by atoms with Gasteiger partial charge < -0.3 is 5.32 Å². The lowest BCUT2D eigenvalue weighted by molar-refractivity contribution is 0.581. The summed E-state index contributed by atoms with van der Waals surface area (Å²) in [6.07, 6.45) is 2.85. The fourth-order valence-corrected chi connectivity index (χ4v) is 3.23. The van der Waals surface area contributed by atoms with E-state index in [0.717, 1.165) is 12.2 Å². The van der Waals surface area contributed by atoms with Crippen LogP contribution in [0.15, 0.2) is 29.2 Å². The van der Waals surface area contributed by atoms with Crippen LogP contribution in [-0.4, -0.2) is 33.5 Å². The second-order valence-electron chi connectivity index (χ2n) is 3.77. The van der Waals surface area contributed by atoms with E-state index in [2.05, 4.69) is 10.0 Å². The third kappa shape index (κ3) is 4.51. The maximum atomic E-state index is 12.1. The molecule has 2 N–H and O–H groups in total. The van der Waals surface area contributed by atoms with Crippen molar-refractivity contribution in [1.82, 2.24) is 4.72 Å². The van der Waals surface area contributed by atoms with Crippen LogP contribution >= 0.6 is 11.8 Å². The standard InChI is InChI=1S/C12H20N2O2S2/c1-3-13-11-7-4-5-8-12(11)18(15,16)14-9-6-10-17-2/h4-5,7-8,13-14H,3,6,9-10H2,1-2H3. The SMILES string of the molecule is CCNc1ccccc1S(=O)(=O)NCCCSC. The van der Waals surface area contributed by atoms with Crippen LogP contribution in [0.3, 0.4) is 0 Å². The summed E-state index contributed by atoms with van der Waals surface area (Å²) < 4.78 is 26.9. The quantitative estimate of drug-likeness (QED) is 0.720. The van der Waals surface area contributed by atoms with Gasteiger partial charge in [-0.15, -0.1) is 0 Å². The molecule has 1 aromatic rings. The zero-order chi connectivity index (χ0) is 13.4. The number of hydrogen-bond acceptors (Lipinski definition) is 4. The first kappa shape index (κ1) is 15.3. The Bertz CT molecular complexity index is 461. The topological polar surface area (TPSA) is 58.2 Å². The first-order valence-electron chi connectivity index (χ1n) is 5.93. The van der Waals surface area contributed by atoms with Crippen LogP contribution < -0.4 is 10.0 Å². The predicted molar refractivity (Wildman–Crippen MR) is 78.8 cm³/mol. The molecule has 4 nitrogen and oxygen atoms in total. The zero-order valence-corrected chi connectivity index (χ0v) is 12.4. The maximum Gasteiger partial charge on any atom is 0.242 e. The average Bonchev–Trinajstić information content (AvgIpc) is 2.36. The van der Waals surface area contributed by atoms with Crippen LogP contribution in [0, 0.1) is 0 Å². The second-order valence-corrected chi connectivity index (χ2v) is 6.49. The number of sulfonamides is 1. The fraction of sp³-hybridized carbons (Fsp3) is 0.500. The lowest BCUT2D eigenvalue weighted by Crippen LogP contribution is -2.26. The van der Waals surface area contributed by atoms with Gasteiger partial charge in [0, 0.05) is 13.1 Å². The Kier molecular flexibility index (Phi) is 6.52. The van der Waals surface area contributed by atoms with E-state index < -0.39 is 10.0 Å². The van der Waals surface area contributed by atoms with Crippen molar-refractivity contribution >= 4 is 27.5 Å². The number of rotatable bonds is 8. The Morgan fingerprint density at radius 1 is 1.28 bits per heavy atom. The molecular weight excluding hydrogens is 268 g/mol. The lowest BCUT2D eigenvalue weighted by atomic mass is 10.3. The van der Waals surface area contributed by atoms with Crippen molar-refractivity contribution in [2.24, 2.45) is 0 Å². The maximum absolute atomic E-state index is 12.1. The highest BCUT2D eigenvalue weighted by Crippen LogP contribution is 2.20. The molecule has 0 saturated heterocycles. The highest BCUT2D eigenvalue weighted by atomic mass is 32.2. The van der Waals surface area contributed by atoms with Crippen molar-refractivity contribution in [1.29, 1.82) is 0 Å². The number of para-hydroxylation sites is 1. The van der Waals surface area contributed by atoms with Gasteiger partial charge in [0.15, 0.2) is 0 Å². The van der Waals surface area contributed by atoms with Gasteiger partial charge in [0.1, 0.15) is 4.90 Å². The molecule has 18 heavy (non-hydrogen) atoms. The summed E-state index contributed by atoms with van der Waals surface area (Å²) in [5, 5.41) is 3.06. The molecule has 0 saturated carbocycles. The van der Waals surface area contributed by atoms with Crippen molar-refractivity contribution in [2.45, 2.75) is 18.2 Å². The average molecular weight is 288 g/mol. The molecule has 6 heteroatoms. The van der Waals surface area contributed by atoms with E-state index in [1.807, 2.05) is 19.2 Å². The molecule has 0 spiro atoms.